The van der Waals surface area contributed by atoms with Gasteiger partial charge < -0.3 is 5.11 Å². The Balaban J connectivity index is 1.70. The Morgan fingerprint density at radius 3 is 2.15 bits per heavy atom. The van der Waals surface area contributed by atoms with Crippen LogP contribution in [0.25, 0.3) is 5.76 Å². The Labute approximate surface area is 194 Å². The molecule has 2 unspecified atom stereocenters. The van der Waals surface area contributed by atoms with Crippen LogP contribution in [0.15, 0.2) is 89.5 Å². The highest BCUT2D eigenvalue weighted by molar-refractivity contribution is 6.52. The van der Waals surface area contributed by atoms with Crippen molar-refractivity contribution < 1.29 is 23.9 Å². The van der Waals surface area contributed by atoms with E-state index in [1.807, 2.05) is 6.07 Å². The number of halogens is 1. The monoisotopic (exact) mass is 454 g/mol. The number of carbonyl (C=O) groups excluding carboxylic acids is 3. The molecule has 0 saturated carbocycles. The molecule has 7 heteroatoms. The largest absolute Gasteiger partial charge is 0.507 e. The molecule has 2 atom stereocenters. The third kappa shape index (κ3) is 3.33. The number of hydrogen-bond acceptors (Lipinski definition) is 5. The van der Waals surface area contributed by atoms with Crippen molar-refractivity contribution in [2.24, 2.45) is 11.0 Å². The Hall–Kier alpha value is -4.39. The molecule has 1 aliphatic heterocycles. The van der Waals surface area contributed by atoms with Gasteiger partial charge in [0.2, 0.25) is 11.6 Å². The molecular weight excluding hydrogens is 435 g/mol. The van der Waals surface area contributed by atoms with Crippen molar-refractivity contribution in [3.05, 3.63) is 107 Å². The van der Waals surface area contributed by atoms with Crippen LogP contribution in [0.1, 0.15) is 34.3 Å². The van der Waals surface area contributed by atoms with Crippen LogP contribution in [0, 0.1) is 11.7 Å². The zero-order chi connectivity index (χ0) is 24.0. The van der Waals surface area contributed by atoms with Crippen molar-refractivity contribution in [3.63, 3.8) is 0 Å². The normalized spacial score (nSPS) is 18.8. The van der Waals surface area contributed by atoms with Crippen molar-refractivity contribution in [1.82, 2.24) is 0 Å². The van der Waals surface area contributed by atoms with Crippen LogP contribution in [-0.4, -0.2) is 28.3 Å². The first kappa shape index (κ1) is 21.5. The second kappa shape index (κ2) is 8.19. The molecule has 3 aromatic carbocycles. The van der Waals surface area contributed by atoms with Crippen LogP contribution < -0.4 is 5.01 Å². The number of hydrogen-bond donors (Lipinski definition) is 1. The number of amides is 1. The fraction of sp³-hybridized carbons (Fsp3) is 0.111. The molecule has 3 aromatic rings. The van der Waals surface area contributed by atoms with Crippen LogP contribution in [0.5, 0.6) is 0 Å². The van der Waals surface area contributed by atoms with E-state index in [1.165, 1.54) is 35.3 Å². The summed E-state index contributed by atoms with van der Waals surface area (Å²) >= 11 is 0. The fourth-order valence-corrected chi connectivity index (χ4v) is 4.59. The molecule has 2 aliphatic rings. The van der Waals surface area contributed by atoms with Gasteiger partial charge in [-0.3, -0.25) is 14.4 Å². The van der Waals surface area contributed by atoms with E-state index in [0.717, 1.165) is 0 Å². The minimum Gasteiger partial charge on any atom is -0.507 e. The molecule has 34 heavy (non-hydrogen) atoms. The van der Waals surface area contributed by atoms with Gasteiger partial charge in [-0.25, -0.2) is 9.40 Å². The van der Waals surface area contributed by atoms with Gasteiger partial charge in [0.25, 0.3) is 5.91 Å². The molecule has 0 radical (unpaired) electrons. The average molecular weight is 454 g/mol. The van der Waals surface area contributed by atoms with Gasteiger partial charge in [-0.1, -0.05) is 54.6 Å². The maximum absolute atomic E-state index is 13.7. The number of aliphatic hydroxyl groups excluding tert-OH is 1. The van der Waals surface area contributed by atoms with E-state index in [0.29, 0.717) is 17.0 Å². The summed E-state index contributed by atoms with van der Waals surface area (Å²) in [6.07, 6.45) is 0. The highest BCUT2D eigenvalue weighted by atomic mass is 19.1. The summed E-state index contributed by atoms with van der Waals surface area (Å²) in [6.45, 7) is 1.66. The topological polar surface area (TPSA) is 87.0 Å². The Morgan fingerprint density at radius 2 is 1.47 bits per heavy atom. The number of carbonyl (C=O) groups is 3. The third-order valence-electron chi connectivity index (χ3n) is 6.19. The van der Waals surface area contributed by atoms with Crippen molar-refractivity contribution in [1.29, 1.82) is 0 Å². The average Bonchev–Trinajstić information content (AvgIpc) is 3.15. The maximum atomic E-state index is 13.7. The van der Waals surface area contributed by atoms with Gasteiger partial charge in [0, 0.05) is 22.8 Å². The van der Waals surface area contributed by atoms with Crippen LogP contribution in [0.2, 0.25) is 0 Å². The Morgan fingerprint density at radius 1 is 0.853 bits per heavy atom. The van der Waals surface area contributed by atoms with Gasteiger partial charge in [-0.15, -0.1) is 0 Å². The molecule has 1 N–H and O–H groups in total. The van der Waals surface area contributed by atoms with Crippen LogP contribution >= 0.6 is 0 Å². The minimum atomic E-state index is -1.05. The highest BCUT2D eigenvalue weighted by Crippen LogP contribution is 2.43. The number of fused-ring (bicyclic) bond motifs is 1. The number of hydrazone groups is 1. The number of para-hydroxylation sites is 1. The molecule has 168 valence electrons. The van der Waals surface area contributed by atoms with Gasteiger partial charge in [0.1, 0.15) is 11.6 Å². The van der Waals surface area contributed by atoms with Gasteiger partial charge in [0.05, 0.1) is 17.2 Å². The van der Waals surface area contributed by atoms with E-state index in [4.69, 9.17) is 0 Å². The first-order valence-corrected chi connectivity index (χ1v) is 10.7. The summed E-state index contributed by atoms with van der Waals surface area (Å²) in [7, 11) is 0. The highest BCUT2D eigenvalue weighted by Gasteiger charge is 2.47. The maximum Gasteiger partial charge on any atom is 0.257 e. The standard InChI is InChI=1S/C27H19FN2O4/c1-15-21(27(34)30(29-15)18-7-3-2-4-8-18)22(16-11-13-17(28)14-12-16)23-24(31)19-9-5-6-10-20(19)25(32)26(23)33/h2-14,21-22,31H,1H3. The fourth-order valence-electron chi connectivity index (χ4n) is 4.59. The molecular formula is C27H19FN2O4. The number of rotatable bonds is 4. The van der Waals surface area contributed by atoms with E-state index in [1.54, 1.807) is 49.4 Å². The SMILES string of the molecule is CC1=NN(c2ccccc2)C(=O)C1C(C1=C(O)c2ccccc2C(=O)C1=O)c1ccc(F)cc1. The van der Waals surface area contributed by atoms with Crippen LogP contribution in [0.3, 0.4) is 0 Å². The van der Waals surface area contributed by atoms with Crippen LogP contribution in [-0.2, 0) is 9.59 Å². The first-order valence-electron chi connectivity index (χ1n) is 10.7. The van der Waals surface area contributed by atoms with E-state index in [2.05, 4.69) is 5.10 Å². The van der Waals surface area contributed by atoms with Crippen molar-refractivity contribution in [3.8, 4) is 0 Å². The molecule has 1 heterocycles. The van der Waals surface area contributed by atoms with E-state index < -0.39 is 35.1 Å². The second-order valence-electron chi connectivity index (χ2n) is 8.20. The van der Waals surface area contributed by atoms with Crippen molar-refractivity contribution in [2.45, 2.75) is 12.8 Å². The lowest BCUT2D eigenvalue weighted by Gasteiger charge is -2.28. The van der Waals surface area contributed by atoms with Gasteiger partial charge >= 0.3 is 0 Å². The number of nitrogens with zero attached hydrogens (tertiary/aromatic N) is 2. The predicted octanol–water partition coefficient (Wildman–Crippen LogP) is 4.68. The van der Waals surface area contributed by atoms with Gasteiger partial charge in [-0.05, 0) is 36.8 Å². The first-order chi connectivity index (χ1) is 16.4. The number of benzene rings is 3. The quantitative estimate of drug-likeness (QED) is 0.580. The smallest absolute Gasteiger partial charge is 0.257 e. The molecule has 0 aromatic heterocycles. The molecule has 0 spiro atoms. The molecule has 1 aliphatic carbocycles. The van der Waals surface area contributed by atoms with E-state index in [9.17, 15) is 23.9 Å². The molecule has 1 amide bonds. The second-order valence-corrected chi connectivity index (χ2v) is 8.20. The van der Waals surface area contributed by atoms with Crippen molar-refractivity contribution >= 4 is 34.6 Å². The van der Waals surface area contributed by atoms with Crippen LogP contribution in [0.4, 0.5) is 10.1 Å². The molecule has 0 fully saturated rings. The Bertz CT molecular complexity index is 1390. The predicted molar refractivity (Wildman–Crippen MR) is 125 cm³/mol. The lowest BCUT2D eigenvalue weighted by atomic mass is 9.72. The summed E-state index contributed by atoms with van der Waals surface area (Å²) in [5, 5.41) is 16.8. The minimum absolute atomic E-state index is 0.0978. The van der Waals surface area contributed by atoms with Gasteiger partial charge in [0.15, 0.2) is 0 Å². The number of anilines is 1. The summed E-state index contributed by atoms with van der Waals surface area (Å²) in [4.78, 5) is 39.9. The molecule has 0 saturated heterocycles. The molecule has 0 bridgehead atoms. The number of Topliss-reactive ketones (excluding diaryl/α,β-unsaturated/α-hetero) is 2. The summed E-state index contributed by atoms with van der Waals surface area (Å²) < 4.78 is 13.7. The zero-order valence-electron chi connectivity index (χ0n) is 18.1. The van der Waals surface area contributed by atoms with Crippen molar-refractivity contribution in [2.75, 3.05) is 5.01 Å². The molecule has 5 rings (SSSR count). The van der Waals surface area contributed by atoms with E-state index >= 15 is 0 Å². The Kier molecular flexibility index (Phi) is 5.17. The number of ketones is 2. The van der Waals surface area contributed by atoms with Gasteiger partial charge in [-0.2, -0.15) is 5.10 Å². The summed E-state index contributed by atoms with van der Waals surface area (Å²) in [6, 6.07) is 20.4. The summed E-state index contributed by atoms with van der Waals surface area (Å²) in [5.74, 6) is -4.98. The molecule has 6 nitrogen and oxygen atoms in total. The van der Waals surface area contributed by atoms with E-state index in [-0.39, 0.29) is 22.5 Å². The number of aliphatic hydroxyl groups is 1. The lowest BCUT2D eigenvalue weighted by Crippen LogP contribution is -2.36. The zero-order valence-corrected chi connectivity index (χ0v) is 18.1. The number of allylic oxidation sites excluding steroid dienone is 1. The lowest BCUT2D eigenvalue weighted by molar-refractivity contribution is -0.120. The summed E-state index contributed by atoms with van der Waals surface area (Å²) in [5.41, 5.74) is 1.48. The third-order valence-corrected chi connectivity index (χ3v) is 6.19.